The van der Waals surface area contributed by atoms with Crippen LogP contribution in [-0.4, -0.2) is 31.0 Å². The largest absolute Gasteiger partial charge is 0.493 e. The predicted molar refractivity (Wildman–Crippen MR) is 138 cm³/mol. The monoisotopic (exact) mass is 499 g/mol. The van der Waals surface area contributed by atoms with Crippen LogP contribution in [0.15, 0.2) is 85.1 Å². The van der Waals surface area contributed by atoms with Gasteiger partial charge in [-0.1, -0.05) is 36.4 Å². The molecule has 0 spiro atoms. The lowest BCUT2D eigenvalue weighted by molar-refractivity contribution is 0.0997. The second-order valence-electron chi connectivity index (χ2n) is 7.82. The van der Waals surface area contributed by atoms with E-state index < -0.39 is 11.8 Å². The lowest BCUT2D eigenvalue weighted by Crippen LogP contribution is -2.13. The predicted octanol–water partition coefficient (Wildman–Crippen LogP) is 4.82. The number of hydrogen-bond acceptors (Lipinski definition) is 7. The lowest BCUT2D eigenvalue weighted by Gasteiger charge is -2.16. The highest BCUT2D eigenvalue weighted by Crippen LogP contribution is 2.39. The Bertz CT molecular complexity index is 1370. The van der Waals surface area contributed by atoms with Crippen LogP contribution in [0.1, 0.15) is 26.3 Å². The maximum Gasteiger partial charge on any atom is 0.255 e. The van der Waals surface area contributed by atoms with Crippen molar-refractivity contribution < 1.29 is 28.5 Å². The van der Waals surface area contributed by atoms with E-state index >= 15 is 0 Å². The Morgan fingerprint density at radius 2 is 1.59 bits per heavy atom. The number of carbonyl (C=O) groups is 2. The Morgan fingerprint density at radius 3 is 2.22 bits per heavy atom. The van der Waals surface area contributed by atoms with Gasteiger partial charge in [-0.25, -0.2) is 4.98 Å². The fourth-order valence-corrected chi connectivity index (χ4v) is 3.43. The van der Waals surface area contributed by atoms with Crippen LogP contribution in [-0.2, 0) is 6.61 Å². The number of hydrogen-bond donors (Lipinski definition) is 2. The second kappa shape index (κ2) is 11.6. The van der Waals surface area contributed by atoms with E-state index in [-0.39, 0.29) is 5.88 Å². The molecule has 1 heterocycles. The van der Waals surface area contributed by atoms with Gasteiger partial charge in [-0.15, -0.1) is 0 Å². The molecular formula is C28H25N3O6. The molecule has 0 atom stereocenters. The van der Waals surface area contributed by atoms with Crippen molar-refractivity contribution >= 4 is 17.5 Å². The van der Waals surface area contributed by atoms with Crippen molar-refractivity contribution in [1.29, 1.82) is 0 Å². The molecule has 0 aliphatic rings. The number of methoxy groups -OCH3 is 2. The highest BCUT2D eigenvalue weighted by Gasteiger charge is 2.18. The minimum absolute atomic E-state index is 0.280. The SMILES string of the molecule is COc1cc(C(=O)Nc2ccc(Oc3cccc(C(N)=O)c3)nc2)cc(OC)c1OCc1ccccc1. The number of rotatable bonds is 10. The summed E-state index contributed by atoms with van der Waals surface area (Å²) in [7, 11) is 2.99. The Kier molecular flexibility index (Phi) is 7.85. The van der Waals surface area contributed by atoms with Gasteiger partial charge in [0.2, 0.25) is 17.5 Å². The molecule has 0 saturated heterocycles. The molecule has 188 valence electrons. The third kappa shape index (κ3) is 6.34. The molecule has 0 aliphatic heterocycles. The van der Waals surface area contributed by atoms with E-state index in [4.69, 9.17) is 24.7 Å². The molecule has 2 amide bonds. The fraction of sp³-hybridized carbons (Fsp3) is 0.107. The fourth-order valence-electron chi connectivity index (χ4n) is 3.43. The summed E-state index contributed by atoms with van der Waals surface area (Å²) < 4.78 is 22.5. The van der Waals surface area contributed by atoms with E-state index in [9.17, 15) is 9.59 Å². The zero-order valence-electron chi connectivity index (χ0n) is 20.3. The molecule has 9 heteroatoms. The highest BCUT2D eigenvalue weighted by atomic mass is 16.5. The number of ether oxygens (including phenoxy) is 4. The number of carbonyl (C=O) groups excluding carboxylic acids is 2. The van der Waals surface area contributed by atoms with Crippen molar-refractivity contribution in [3.05, 3.63) is 102 Å². The number of aromatic nitrogens is 1. The molecule has 0 unspecified atom stereocenters. The van der Waals surface area contributed by atoms with Crippen molar-refractivity contribution in [1.82, 2.24) is 4.98 Å². The van der Waals surface area contributed by atoms with Crippen molar-refractivity contribution in [2.45, 2.75) is 6.61 Å². The van der Waals surface area contributed by atoms with Gasteiger partial charge in [0.15, 0.2) is 11.5 Å². The van der Waals surface area contributed by atoms with Crippen LogP contribution in [0.2, 0.25) is 0 Å². The van der Waals surface area contributed by atoms with Gasteiger partial charge in [0.05, 0.1) is 26.1 Å². The summed E-state index contributed by atoms with van der Waals surface area (Å²) in [5.41, 5.74) is 7.36. The Labute approximate surface area is 213 Å². The summed E-state index contributed by atoms with van der Waals surface area (Å²) in [6, 6.07) is 22.5. The molecule has 0 aliphatic carbocycles. The first-order valence-corrected chi connectivity index (χ1v) is 11.2. The van der Waals surface area contributed by atoms with Crippen LogP contribution in [0.3, 0.4) is 0 Å². The topological polar surface area (TPSA) is 122 Å². The molecule has 3 N–H and O–H groups in total. The molecular weight excluding hydrogens is 474 g/mol. The number of benzene rings is 3. The van der Waals surface area contributed by atoms with E-state index in [0.717, 1.165) is 5.56 Å². The number of primary amides is 1. The molecule has 0 fully saturated rings. The lowest BCUT2D eigenvalue weighted by atomic mass is 10.1. The van der Waals surface area contributed by atoms with Gasteiger partial charge in [0, 0.05) is 17.2 Å². The zero-order chi connectivity index (χ0) is 26.2. The van der Waals surface area contributed by atoms with E-state index in [0.29, 0.717) is 46.4 Å². The van der Waals surface area contributed by atoms with Gasteiger partial charge < -0.3 is 30.0 Å². The minimum atomic E-state index is -0.555. The van der Waals surface area contributed by atoms with Gasteiger partial charge in [0.25, 0.3) is 5.91 Å². The summed E-state index contributed by atoms with van der Waals surface area (Å²) >= 11 is 0. The average Bonchev–Trinajstić information content (AvgIpc) is 2.93. The third-order valence-electron chi connectivity index (χ3n) is 5.28. The normalized spacial score (nSPS) is 10.3. The second-order valence-corrected chi connectivity index (χ2v) is 7.82. The Balaban J connectivity index is 1.45. The molecule has 0 saturated carbocycles. The van der Waals surface area contributed by atoms with Crippen LogP contribution in [0.4, 0.5) is 5.69 Å². The first-order valence-electron chi connectivity index (χ1n) is 11.2. The summed E-state index contributed by atoms with van der Waals surface area (Å²) in [6.45, 7) is 0.312. The standard InChI is InChI=1S/C28H25N3O6/c1-34-23-14-20(15-24(35-2)26(23)36-17-18-7-4-3-5-8-18)28(33)31-21-11-12-25(30-16-21)37-22-10-6-9-19(13-22)27(29)32/h3-16H,17H2,1-2H3,(H2,29,32)(H,31,33). The summed E-state index contributed by atoms with van der Waals surface area (Å²) in [6.07, 6.45) is 1.46. The smallest absolute Gasteiger partial charge is 0.255 e. The van der Waals surface area contributed by atoms with Gasteiger partial charge in [-0.05, 0) is 42.0 Å². The molecule has 4 rings (SSSR count). The first kappa shape index (κ1) is 25.1. The molecule has 1 aromatic heterocycles. The molecule has 0 bridgehead atoms. The van der Waals surface area contributed by atoms with Gasteiger partial charge >= 0.3 is 0 Å². The van der Waals surface area contributed by atoms with Crippen LogP contribution in [0.25, 0.3) is 0 Å². The minimum Gasteiger partial charge on any atom is -0.493 e. The number of nitrogens with one attached hydrogen (secondary N) is 1. The van der Waals surface area contributed by atoms with Gasteiger partial charge in [-0.2, -0.15) is 0 Å². The average molecular weight is 500 g/mol. The number of anilines is 1. The number of amides is 2. The van der Waals surface area contributed by atoms with E-state index in [1.54, 1.807) is 42.5 Å². The first-order chi connectivity index (χ1) is 18.0. The number of nitrogens with two attached hydrogens (primary N) is 1. The molecule has 3 aromatic carbocycles. The van der Waals surface area contributed by atoms with E-state index in [1.165, 1.54) is 26.5 Å². The van der Waals surface area contributed by atoms with E-state index in [1.807, 2.05) is 30.3 Å². The van der Waals surface area contributed by atoms with Crippen LogP contribution >= 0.6 is 0 Å². The quantitative estimate of drug-likeness (QED) is 0.321. The number of nitrogens with zero attached hydrogens (tertiary/aromatic N) is 1. The maximum absolute atomic E-state index is 13.0. The summed E-state index contributed by atoms with van der Waals surface area (Å²) in [5, 5.41) is 2.78. The number of pyridine rings is 1. The van der Waals surface area contributed by atoms with Crippen molar-refractivity contribution in [2.24, 2.45) is 5.73 Å². The molecule has 0 radical (unpaired) electrons. The van der Waals surface area contributed by atoms with Gasteiger partial charge in [0.1, 0.15) is 12.4 Å². The van der Waals surface area contributed by atoms with Crippen molar-refractivity contribution in [3.63, 3.8) is 0 Å². The Morgan fingerprint density at radius 1 is 0.865 bits per heavy atom. The Hall–Kier alpha value is -5.05. The zero-order valence-corrected chi connectivity index (χ0v) is 20.3. The summed E-state index contributed by atoms with van der Waals surface area (Å²) in [4.78, 5) is 28.5. The summed E-state index contributed by atoms with van der Waals surface area (Å²) in [5.74, 6) is 0.864. The van der Waals surface area contributed by atoms with Crippen LogP contribution in [0, 0.1) is 0 Å². The van der Waals surface area contributed by atoms with Gasteiger partial charge in [-0.3, -0.25) is 9.59 Å². The van der Waals surface area contributed by atoms with Crippen molar-refractivity contribution in [2.75, 3.05) is 19.5 Å². The van der Waals surface area contributed by atoms with Crippen LogP contribution < -0.4 is 30.0 Å². The molecule has 4 aromatic rings. The third-order valence-corrected chi connectivity index (χ3v) is 5.28. The van der Waals surface area contributed by atoms with Crippen LogP contribution in [0.5, 0.6) is 28.9 Å². The molecule has 37 heavy (non-hydrogen) atoms. The highest BCUT2D eigenvalue weighted by molar-refractivity contribution is 6.05. The maximum atomic E-state index is 13.0. The van der Waals surface area contributed by atoms with E-state index in [2.05, 4.69) is 10.3 Å². The molecule has 9 nitrogen and oxygen atoms in total. The van der Waals surface area contributed by atoms with Crippen molar-refractivity contribution in [3.8, 4) is 28.9 Å².